The molecule has 1 fully saturated rings. The second kappa shape index (κ2) is 10.3. The van der Waals surface area contributed by atoms with E-state index in [1.807, 2.05) is 16.9 Å². The van der Waals surface area contributed by atoms with E-state index in [2.05, 4.69) is 34.6 Å². The molecular weight excluding hydrogens is 429 g/mol. The fraction of sp³-hybridized carbons (Fsp3) is 0.370. The van der Waals surface area contributed by atoms with Crippen LogP contribution in [0, 0.1) is 11.7 Å². The first-order valence-electron chi connectivity index (χ1n) is 12.1. The minimum Gasteiger partial charge on any atom is -0.393 e. The lowest BCUT2D eigenvalue weighted by Crippen LogP contribution is -2.22. The molecule has 7 heteroatoms. The number of hydrogen-bond acceptors (Lipinski definition) is 5. The Balaban J connectivity index is 1.37. The normalized spacial score (nSPS) is 18.3. The third-order valence-electron chi connectivity index (χ3n) is 6.62. The van der Waals surface area contributed by atoms with Gasteiger partial charge in [-0.25, -0.2) is 14.1 Å². The standard InChI is InChI=1S/C27H30FN5O/c28-22-12-10-21(11-13-22)25-24-17-30-27(29-16-4-7-19-5-2-1-3-6-19)31-26(24)33(32-25)18-20-8-14-23(34)15-9-20/h1-3,5-6,10-13,17,20,23,34H,4,7-9,14-16,18H2,(H,29,30,31)/t20-,23-. The zero-order valence-electron chi connectivity index (χ0n) is 19.2. The molecule has 2 aromatic heterocycles. The molecule has 5 rings (SSSR count). The molecule has 2 heterocycles. The zero-order chi connectivity index (χ0) is 23.3. The first-order chi connectivity index (χ1) is 16.7. The Kier molecular flexibility index (Phi) is 6.81. The summed E-state index contributed by atoms with van der Waals surface area (Å²) >= 11 is 0. The number of aryl methyl sites for hydroxylation is 1. The highest BCUT2D eigenvalue weighted by Gasteiger charge is 2.22. The molecule has 2 aromatic carbocycles. The molecule has 1 aliphatic rings. The highest BCUT2D eigenvalue weighted by molar-refractivity contribution is 5.91. The van der Waals surface area contributed by atoms with E-state index in [-0.39, 0.29) is 11.9 Å². The number of halogens is 1. The van der Waals surface area contributed by atoms with E-state index in [0.717, 1.165) is 73.9 Å². The van der Waals surface area contributed by atoms with Gasteiger partial charge >= 0.3 is 0 Å². The quantitative estimate of drug-likeness (QED) is 0.353. The molecule has 0 bridgehead atoms. The van der Waals surface area contributed by atoms with Crippen molar-refractivity contribution in [3.8, 4) is 11.3 Å². The van der Waals surface area contributed by atoms with Gasteiger partial charge in [0.05, 0.1) is 11.5 Å². The predicted octanol–water partition coefficient (Wildman–Crippen LogP) is 5.23. The Labute approximate surface area is 198 Å². The number of hydrogen-bond donors (Lipinski definition) is 2. The van der Waals surface area contributed by atoms with Gasteiger partial charge in [-0.2, -0.15) is 10.1 Å². The van der Waals surface area contributed by atoms with Crippen LogP contribution in [0.4, 0.5) is 10.3 Å². The summed E-state index contributed by atoms with van der Waals surface area (Å²) in [6.07, 6.45) is 7.22. The van der Waals surface area contributed by atoms with Crippen LogP contribution >= 0.6 is 0 Å². The van der Waals surface area contributed by atoms with Crippen molar-refractivity contribution in [2.24, 2.45) is 5.92 Å². The summed E-state index contributed by atoms with van der Waals surface area (Å²) in [5.41, 5.74) is 3.71. The average Bonchev–Trinajstić information content (AvgIpc) is 3.22. The lowest BCUT2D eigenvalue weighted by Gasteiger charge is -2.25. The van der Waals surface area contributed by atoms with Gasteiger partial charge in [-0.05, 0) is 74.3 Å². The predicted molar refractivity (Wildman–Crippen MR) is 132 cm³/mol. The van der Waals surface area contributed by atoms with Crippen molar-refractivity contribution in [3.63, 3.8) is 0 Å². The van der Waals surface area contributed by atoms with E-state index in [0.29, 0.717) is 11.9 Å². The lowest BCUT2D eigenvalue weighted by atomic mass is 9.87. The molecule has 4 aromatic rings. The third kappa shape index (κ3) is 5.25. The molecule has 0 aliphatic heterocycles. The van der Waals surface area contributed by atoms with Crippen LogP contribution in [0.3, 0.4) is 0 Å². The van der Waals surface area contributed by atoms with E-state index in [1.54, 1.807) is 12.1 Å². The largest absolute Gasteiger partial charge is 0.393 e. The van der Waals surface area contributed by atoms with Gasteiger partial charge in [0, 0.05) is 24.8 Å². The van der Waals surface area contributed by atoms with Crippen molar-refractivity contribution in [1.29, 1.82) is 0 Å². The second-order valence-electron chi connectivity index (χ2n) is 9.16. The van der Waals surface area contributed by atoms with E-state index in [1.165, 1.54) is 17.7 Å². The second-order valence-corrected chi connectivity index (χ2v) is 9.16. The Morgan fingerprint density at radius 3 is 2.53 bits per heavy atom. The maximum absolute atomic E-state index is 13.5. The van der Waals surface area contributed by atoms with Crippen LogP contribution < -0.4 is 5.32 Å². The summed E-state index contributed by atoms with van der Waals surface area (Å²) < 4.78 is 15.5. The number of aromatic nitrogens is 4. The summed E-state index contributed by atoms with van der Waals surface area (Å²) in [5.74, 6) is 0.766. The maximum atomic E-state index is 13.5. The number of nitrogens with one attached hydrogen (secondary N) is 1. The molecule has 0 amide bonds. The molecule has 0 unspecified atom stereocenters. The van der Waals surface area contributed by atoms with Crippen molar-refractivity contribution in [3.05, 3.63) is 72.2 Å². The van der Waals surface area contributed by atoms with Crippen LogP contribution in [0.2, 0.25) is 0 Å². The summed E-state index contributed by atoms with van der Waals surface area (Å²) in [4.78, 5) is 9.36. The highest BCUT2D eigenvalue weighted by atomic mass is 19.1. The van der Waals surface area contributed by atoms with Crippen LogP contribution in [0.5, 0.6) is 0 Å². The van der Waals surface area contributed by atoms with Crippen molar-refractivity contribution in [1.82, 2.24) is 19.7 Å². The van der Waals surface area contributed by atoms with Gasteiger partial charge in [-0.15, -0.1) is 0 Å². The smallest absolute Gasteiger partial charge is 0.224 e. The summed E-state index contributed by atoms with van der Waals surface area (Å²) in [7, 11) is 0. The van der Waals surface area contributed by atoms with E-state index >= 15 is 0 Å². The van der Waals surface area contributed by atoms with Crippen molar-refractivity contribution in [2.75, 3.05) is 11.9 Å². The van der Waals surface area contributed by atoms with E-state index in [9.17, 15) is 9.50 Å². The molecule has 6 nitrogen and oxygen atoms in total. The number of fused-ring (bicyclic) bond motifs is 1. The summed E-state index contributed by atoms with van der Waals surface area (Å²) in [6, 6.07) is 16.8. The van der Waals surface area contributed by atoms with Crippen molar-refractivity contribution < 1.29 is 9.50 Å². The molecule has 34 heavy (non-hydrogen) atoms. The van der Waals surface area contributed by atoms with Crippen LogP contribution in [-0.4, -0.2) is 37.5 Å². The minimum atomic E-state index is -0.272. The monoisotopic (exact) mass is 459 g/mol. The lowest BCUT2D eigenvalue weighted by molar-refractivity contribution is 0.103. The number of anilines is 1. The first-order valence-corrected chi connectivity index (χ1v) is 12.1. The van der Waals surface area contributed by atoms with Crippen LogP contribution in [0.15, 0.2) is 60.8 Å². The molecule has 1 saturated carbocycles. The Bertz CT molecular complexity index is 1220. The molecule has 0 radical (unpaired) electrons. The molecule has 176 valence electrons. The van der Waals surface area contributed by atoms with Crippen LogP contribution in [0.25, 0.3) is 22.3 Å². The molecule has 0 saturated heterocycles. The van der Waals surface area contributed by atoms with E-state index in [4.69, 9.17) is 10.1 Å². The average molecular weight is 460 g/mol. The first kappa shape index (κ1) is 22.5. The molecule has 0 atom stereocenters. The van der Waals surface area contributed by atoms with Gasteiger partial charge in [-0.1, -0.05) is 30.3 Å². The summed E-state index contributed by atoms with van der Waals surface area (Å²) in [5, 5.41) is 19.0. The van der Waals surface area contributed by atoms with Gasteiger partial charge in [0.1, 0.15) is 11.5 Å². The molecule has 1 aliphatic carbocycles. The molecular formula is C27H30FN5O. The maximum Gasteiger partial charge on any atom is 0.224 e. The van der Waals surface area contributed by atoms with Crippen molar-refractivity contribution >= 4 is 17.0 Å². The van der Waals surface area contributed by atoms with E-state index < -0.39 is 0 Å². The Morgan fingerprint density at radius 1 is 1.00 bits per heavy atom. The fourth-order valence-corrected chi connectivity index (χ4v) is 4.70. The number of aliphatic hydroxyl groups excluding tert-OH is 1. The van der Waals surface area contributed by atoms with Gasteiger partial charge < -0.3 is 10.4 Å². The Morgan fingerprint density at radius 2 is 1.76 bits per heavy atom. The third-order valence-corrected chi connectivity index (χ3v) is 6.62. The van der Waals surface area contributed by atoms with Crippen molar-refractivity contribution in [2.45, 2.75) is 51.2 Å². The molecule has 0 spiro atoms. The number of nitrogens with zero attached hydrogens (tertiary/aromatic N) is 4. The molecule has 2 N–H and O–H groups in total. The van der Waals surface area contributed by atoms with Crippen LogP contribution in [-0.2, 0) is 13.0 Å². The van der Waals surface area contributed by atoms with Gasteiger partial charge in [0.15, 0.2) is 5.65 Å². The topological polar surface area (TPSA) is 75.9 Å². The summed E-state index contributed by atoms with van der Waals surface area (Å²) in [6.45, 7) is 1.52. The zero-order valence-corrected chi connectivity index (χ0v) is 19.2. The number of benzene rings is 2. The van der Waals surface area contributed by atoms with Gasteiger partial charge in [-0.3, -0.25) is 0 Å². The van der Waals surface area contributed by atoms with Gasteiger partial charge in [0.2, 0.25) is 5.95 Å². The fourth-order valence-electron chi connectivity index (χ4n) is 4.70. The van der Waals surface area contributed by atoms with Crippen LogP contribution in [0.1, 0.15) is 37.7 Å². The van der Waals surface area contributed by atoms with Gasteiger partial charge in [0.25, 0.3) is 0 Å². The number of rotatable bonds is 8. The minimum absolute atomic E-state index is 0.186. The highest BCUT2D eigenvalue weighted by Crippen LogP contribution is 2.30. The SMILES string of the molecule is O[C@H]1CC[C@H](Cn2nc(-c3ccc(F)cc3)c3cnc(NCCCc4ccccc4)nc32)CC1. The number of aliphatic hydroxyl groups is 1. The Hall–Kier alpha value is -3.32.